The number of carbonyl (C=O) groups is 1. The van der Waals surface area contributed by atoms with Gasteiger partial charge in [-0.1, -0.05) is 36.4 Å². The first-order valence-corrected chi connectivity index (χ1v) is 13.0. The Morgan fingerprint density at radius 2 is 1.27 bits per heavy atom. The maximum atomic E-state index is 13.6. The van der Waals surface area contributed by atoms with E-state index in [-0.39, 0.29) is 5.91 Å². The van der Waals surface area contributed by atoms with Gasteiger partial charge >= 0.3 is 0 Å². The molecule has 0 saturated heterocycles. The summed E-state index contributed by atoms with van der Waals surface area (Å²) < 4.78 is 28.3. The summed E-state index contributed by atoms with van der Waals surface area (Å²) in [5.74, 6) is 3.00. The highest BCUT2D eigenvalue weighted by Crippen LogP contribution is 2.44. The second-order valence-corrected chi connectivity index (χ2v) is 9.56. The number of hydrogen-bond donors (Lipinski definition) is 0. The van der Waals surface area contributed by atoms with Crippen molar-refractivity contribution in [1.82, 2.24) is 4.90 Å². The van der Waals surface area contributed by atoms with Crippen molar-refractivity contribution in [2.75, 3.05) is 49.1 Å². The van der Waals surface area contributed by atoms with Gasteiger partial charge in [-0.25, -0.2) is 0 Å². The fourth-order valence-electron chi connectivity index (χ4n) is 5.30. The van der Waals surface area contributed by atoms with Gasteiger partial charge < -0.3 is 28.6 Å². The summed E-state index contributed by atoms with van der Waals surface area (Å²) in [5.41, 5.74) is 1.57. The molecule has 5 aromatic carbocycles. The van der Waals surface area contributed by atoms with Crippen LogP contribution in [0, 0.1) is 0 Å². The monoisotopic (exact) mass is 539 g/mol. The third-order valence-corrected chi connectivity index (χ3v) is 7.41. The average molecular weight is 540 g/mol. The lowest BCUT2D eigenvalue weighted by molar-refractivity contribution is 0.0793. The molecule has 0 atom stereocenters. The van der Waals surface area contributed by atoms with E-state index in [0.717, 1.165) is 37.9 Å². The van der Waals surface area contributed by atoms with E-state index in [0.29, 0.717) is 47.3 Å². The lowest BCUT2D eigenvalue weighted by Gasteiger charge is -2.21. The minimum Gasteiger partial charge on any atom is -0.496 e. The Kier molecular flexibility index (Phi) is 7.56. The Bertz CT molecular complexity index is 1730. The second kappa shape index (κ2) is 11.2. The van der Waals surface area contributed by atoms with Crippen LogP contribution in [0.5, 0.6) is 28.7 Å². The molecule has 0 spiro atoms. The largest absolute Gasteiger partial charge is 0.496 e. The number of methoxy groups -OCH3 is 5. The van der Waals surface area contributed by atoms with Crippen molar-refractivity contribution in [3.63, 3.8) is 0 Å². The molecule has 0 radical (unpaired) electrons. The molecular formula is C33H33NO6. The van der Waals surface area contributed by atoms with Crippen molar-refractivity contribution < 1.29 is 28.5 Å². The second-order valence-electron chi connectivity index (χ2n) is 9.56. The van der Waals surface area contributed by atoms with Crippen LogP contribution in [0.25, 0.3) is 32.3 Å². The van der Waals surface area contributed by atoms with Gasteiger partial charge in [-0.2, -0.15) is 0 Å². The Morgan fingerprint density at radius 3 is 1.93 bits per heavy atom. The smallest absolute Gasteiger partial charge is 0.257 e. The van der Waals surface area contributed by atoms with Gasteiger partial charge in [-0.05, 0) is 69.2 Å². The number of rotatable bonds is 9. The molecule has 0 N–H and O–H groups in total. The summed E-state index contributed by atoms with van der Waals surface area (Å²) in [6.07, 6.45) is 0.605. The summed E-state index contributed by atoms with van der Waals surface area (Å²) in [6.45, 7) is 0.489. The first-order valence-electron chi connectivity index (χ1n) is 13.0. The van der Waals surface area contributed by atoms with E-state index < -0.39 is 0 Å². The van der Waals surface area contributed by atoms with Gasteiger partial charge in [0.05, 0.1) is 41.1 Å². The Hall–Kier alpha value is -4.65. The van der Waals surface area contributed by atoms with Gasteiger partial charge in [-0.15, -0.1) is 0 Å². The molecule has 5 aromatic rings. The van der Waals surface area contributed by atoms with E-state index in [4.69, 9.17) is 23.7 Å². The van der Waals surface area contributed by atoms with Crippen molar-refractivity contribution >= 4 is 38.2 Å². The lowest BCUT2D eigenvalue weighted by atomic mass is 9.95. The average Bonchev–Trinajstić information content (AvgIpc) is 3.00. The predicted molar refractivity (Wildman–Crippen MR) is 159 cm³/mol. The first-order chi connectivity index (χ1) is 19.4. The molecule has 0 aliphatic rings. The Labute approximate surface area is 233 Å². The molecule has 0 aliphatic heterocycles. The fraction of sp³-hybridized carbons (Fsp3) is 0.242. The van der Waals surface area contributed by atoms with Crippen LogP contribution in [0.15, 0.2) is 66.7 Å². The molecule has 0 saturated carbocycles. The SMILES string of the molecule is COc1cc2ccc3c(CCN(C)C(=O)c4cc5ccccc5cc4OC)cc(OC)c(OC)c3c2cc1OC. The van der Waals surface area contributed by atoms with Crippen molar-refractivity contribution in [1.29, 1.82) is 0 Å². The normalized spacial score (nSPS) is 11.1. The summed E-state index contributed by atoms with van der Waals surface area (Å²) in [4.78, 5) is 15.3. The van der Waals surface area contributed by atoms with Gasteiger partial charge in [0.25, 0.3) is 5.91 Å². The predicted octanol–water partition coefficient (Wildman–Crippen LogP) is 6.50. The van der Waals surface area contributed by atoms with E-state index in [1.165, 1.54) is 0 Å². The van der Waals surface area contributed by atoms with Crippen LogP contribution >= 0.6 is 0 Å². The molecule has 0 heterocycles. The Balaban J connectivity index is 1.54. The summed E-state index contributed by atoms with van der Waals surface area (Å²) in [5, 5.41) is 5.89. The summed E-state index contributed by atoms with van der Waals surface area (Å²) in [7, 11) is 9.91. The number of likely N-dealkylation sites (N-methyl/N-ethyl adjacent to an activating group) is 1. The number of carbonyl (C=O) groups excluding carboxylic acids is 1. The van der Waals surface area contributed by atoms with Crippen LogP contribution in [0.4, 0.5) is 0 Å². The summed E-state index contributed by atoms with van der Waals surface area (Å²) >= 11 is 0. The number of benzene rings is 5. The number of amides is 1. The molecule has 7 heteroatoms. The molecule has 1 amide bonds. The van der Waals surface area contributed by atoms with Gasteiger partial charge in [0.1, 0.15) is 5.75 Å². The van der Waals surface area contributed by atoms with Crippen LogP contribution in [0.2, 0.25) is 0 Å². The number of hydrogen-bond acceptors (Lipinski definition) is 6. The van der Waals surface area contributed by atoms with E-state index >= 15 is 0 Å². The zero-order chi connectivity index (χ0) is 28.4. The standard InChI is InChI=1S/C33H33NO6/c1-34(33(35)26-15-20-9-7-8-10-21(20)16-27(26)36-2)14-13-23-18-30(39-5)32(40-6)31-24(23)12-11-22-17-28(37-3)29(38-4)19-25(22)31/h7-12,15-19H,13-14H2,1-6H3. The van der Waals surface area contributed by atoms with Crippen LogP contribution < -0.4 is 23.7 Å². The van der Waals surface area contributed by atoms with Crippen molar-refractivity contribution in [2.45, 2.75) is 6.42 Å². The highest BCUT2D eigenvalue weighted by atomic mass is 16.5. The van der Waals surface area contributed by atoms with Gasteiger partial charge in [0.15, 0.2) is 23.0 Å². The molecule has 0 aliphatic carbocycles. The third-order valence-electron chi connectivity index (χ3n) is 7.41. The molecule has 5 rings (SSSR count). The number of fused-ring (bicyclic) bond motifs is 4. The van der Waals surface area contributed by atoms with Gasteiger partial charge in [-0.3, -0.25) is 4.79 Å². The topological polar surface area (TPSA) is 66.5 Å². The van der Waals surface area contributed by atoms with Crippen molar-refractivity contribution in [3.05, 3.63) is 77.9 Å². The number of nitrogens with zero attached hydrogens (tertiary/aromatic N) is 1. The maximum Gasteiger partial charge on any atom is 0.257 e. The molecule has 0 aromatic heterocycles. The third kappa shape index (κ3) is 4.68. The minimum atomic E-state index is -0.102. The minimum absolute atomic E-state index is 0.102. The van der Waals surface area contributed by atoms with Gasteiger partial charge in [0.2, 0.25) is 0 Å². The quantitative estimate of drug-likeness (QED) is 0.199. The van der Waals surface area contributed by atoms with Crippen molar-refractivity contribution in [3.8, 4) is 28.7 Å². The fourth-order valence-corrected chi connectivity index (χ4v) is 5.30. The zero-order valence-corrected chi connectivity index (χ0v) is 23.7. The molecule has 0 bridgehead atoms. The maximum absolute atomic E-state index is 13.6. The van der Waals surface area contributed by atoms with Crippen LogP contribution in [-0.2, 0) is 6.42 Å². The first kappa shape index (κ1) is 26.9. The lowest BCUT2D eigenvalue weighted by Crippen LogP contribution is -2.29. The summed E-state index contributed by atoms with van der Waals surface area (Å²) in [6, 6.07) is 21.8. The molecule has 206 valence electrons. The van der Waals surface area contributed by atoms with E-state index in [1.54, 1.807) is 40.4 Å². The van der Waals surface area contributed by atoms with E-state index in [9.17, 15) is 4.79 Å². The van der Waals surface area contributed by atoms with Crippen LogP contribution in [0.3, 0.4) is 0 Å². The Morgan fingerprint density at radius 1 is 0.650 bits per heavy atom. The highest BCUT2D eigenvalue weighted by molar-refractivity contribution is 6.13. The molecule has 0 fully saturated rings. The van der Waals surface area contributed by atoms with Crippen molar-refractivity contribution in [2.24, 2.45) is 0 Å². The molecule has 7 nitrogen and oxygen atoms in total. The zero-order valence-electron chi connectivity index (χ0n) is 23.7. The number of ether oxygens (including phenoxy) is 5. The van der Waals surface area contributed by atoms with Gasteiger partial charge in [0, 0.05) is 19.0 Å². The molecule has 0 unspecified atom stereocenters. The molecular weight excluding hydrogens is 506 g/mol. The van der Waals surface area contributed by atoms with Crippen LogP contribution in [0.1, 0.15) is 15.9 Å². The van der Waals surface area contributed by atoms with E-state index in [2.05, 4.69) is 12.1 Å². The van der Waals surface area contributed by atoms with Crippen LogP contribution in [-0.4, -0.2) is 59.9 Å². The molecule has 40 heavy (non-hydrogen) atoms. The van der Waals surface area contributed by atoms with E-state index in [1.807, 2.05) is 61.6 Å². The highest BCUT2D eigenvalue weighted by Gasteiger charge is 2.21.